The fourth-order valence-corrected chi connectivity index (χ4v) is 1.95. The van der Waals surface area contributed by atoms with Crippen LogP contribution in [0.25, 0.3) is 0 Å². The molecule has 0 saturated carbocycles. The van der Waals surface area contributed by atoms with Gasteiger partial charge in [0.25, 0.3) is 0 Å². The summed E-state index contributed by atoms with van der Waals surface area (Å²) >= 11 is 0. The number of rotatable bonds is 7. The summed E-state index contributed by atoms with van der Waals surface area (Å²) in [5.41, 5.74) is -0.298. The van der Waals surface area contributed by atoms with Gasteiger partial charge in [-0.05, 0) is 26.8 Å². The maximum Gasteiger partial charge on any atom is 0.248 e. The summed E-state index contributed by atoms with van der Waals surface area (Å²) in [5.74, 6) is 0.0662. The van der Waals surface area contributed by atoms with Crippen LogP contribution in [0.3, 0.4) is 0 Å². The van der Waals surface area contributed by atoms with Gasteiger partial charge in [-0.25, -0.2) is 0 Å². The van der Waals surface area contributed by atoms with Crippen LogP contribution < -0.4 is 5.32 Å². The standard InChI is InChI=1S/C13H26N2O3/c1-5-6-14-11(13(2,3)17-4)9-15-7-8-18-10-12(15)16/h11,14H,5-10H2,1-4H3. The van der Waals surface area contributed by atoms with Crippen molar-refractivity contribution >= 4 is 5.91 Å². The molecule has 1 aliphatic heterocycles. The molecule has 0 aromatic rings. The molecular formula is C13H26N2O3. The van der Waals surface area contributed by atoms with Crippen molar-refractivity contribution in [2.24, 2.45) is 0 Å². The number of methoxy groups -OCH3 is 1. The van der Waals surface area contributed by atoms with E-state index in [4.69, 9.17) is 9.47 Å². The van der Waals surface area contributed by atoms with Crippen molar-refractivity contribution in [1.82, 2.24) is 10.2 Å². The van der Waals surface area contributed by atoms with Gasteiger partial charge in [-0.15, -0.1) is 0 Å². The Morgan fingerprint density at radius 1 is 1.56 bits per heavy atom. The zero-order chi connectivity index (χ0) is 13.6. The van der Waals surface area contributed by atoms with Crippen molar-refractivity contribution in [2.75, 3.05) is 40.0 Å². The Labute approximate surface area is 110 Å². The lowest BCUT2D eigenvalue weighted by Crippen LogP contribution is -2.57. The van der Waals surface area contributed by atoms with Gasteiger partial charge in [0, 0.05) is 20.2 Å². The fourth-order valence-electron chi connectivity index (χ4n) is 1.95. The smallest absolute Gasteiger partial charge is 0.248 e. The van der Waals surface area contributed by atoms with Gasteiger partial charge in [-0.1, -0.05) is 6.92 Å². The van der Waals surface area contributed by atoms with E-state index < -0.39 is 0 Å². The predicted molar refractivity (Wildman–Crippen MR) is 70.6 cm³/mol. The van der Waals surface area contributed by atoms with Crippen LogP contribution in [0.1, 0.15) is 27.2 Å². The lowest BCUT2D eigenvalue weighted by Gasteiger charge is -2.38. The predicted octanol–water partition coefficient (Wildman–Crippen LogP) is 0.638. The van der Waals surface area contributed by atoms with E-state index in [1.165, 1.54) is 0 Å². The molecule has 1 atom stereocenters. The highest BCUT2D eigenvalue weighted by Crippen LogP contribution is 2.16. The highest BCUT2D eigenvalue weighted by molar-refractivity contribution is 5.78. The molecule has 5 nitrogen and oxygen atoms in total. The molecule has 0 aliphatic carbocycles. The van der Waals surface area contributed by atoms with Crippen molar-refractivity contribution in [2.45, 2.75) is 38.8 Å². The van der Waals surface area contributed by atoms with E-state index in [-0.39, 0.29) is 24.2 Å². The Morgan fingerprint density at radius 3 is 2.83 bits per heavy atom. The lowest BCUT2D eigenvalue weighted by atomic mass is 9.97. The van der Waals surface area contributed by atoms with Gasteiger partial charge < -0.3 is 19.7 Å². The van der Waals surface area contributed by atoms with Crippen LogP contribution in [-0.4, -0.2) is 62.4 Å². The van der Waals surface area contributed by atoms with Crippen LogP contribution in [0.4, 0.5) is 0 Å². The van der Waals surface area contributed by atoms with Gasteiger partial charge in [0.2, 0.25) is 5.91 Å². The minimum absolute atomic E-state index is 0.0662. The average Bonchev–Trinajstić information content (AvgIpc) is 2.36. The molecule has 1 unspecified atom stereocenters. The van der Waals surface area contributed by atoms with E-state index in [1.54, 1.807) is 7.11 Å². The minimum atomic E-state index is -0.298. The Hall–Kier alpha value is -0.650. The van der Waals surface area contributed by atoms with Crippen molar-refractivity contribution in [3.63, 3.8) is 0 Å². The molecular weight excluding hydrogens is 232 g/mol. The minimum Gasteiger partial charge on any atom is -0.377 e. The monoisotopic (exact) mass is 258 g/mol. The quantitative estimate of drug-likeness (QED) is 0.728. The van der Waals surface area contributed by atoms with E-state index in [0.717, 1.165) is 13.0 Å². The number of amides is 1. The second-order valence-electron chi connectivity index (χ2n) is 5.21. The number of nitrogens with one attached hydrogen (secondary N) is 1. The third-order valence-corrected chi connectivity index (χ3v) is 3.49. The topological polar surface area (TPSA) is 50.8 Å². The highest BCUT2D eigenvalue weighted by Gasteiger charge is 2.32. The molecule has 1 fully saturated rings. The van der Waals surface area contributed by atoms with E-state index in [0.29, 0.717) is 19.7 Å². The SMILES string of the molecule is CCCNC(CN1CCOCC1=O)C(C)(C)OC. The fraction of sp³-hybridized carbons (Fsp3) is 0.923. The normalized spacial score (nSPS) is 19.1. The molecule has 1 aliphatic rings. The van der Waals surface area contributed by atoms with Crippen LogP contribution in [0.5, 0.6) is 0 Å². The molecule has 1 amide bonds. The molecule has 0 bridgehead atoms. The van der Waals surface area contributed by atoms with E-state index in [2.05, 4.69) is 12.2 Å². The van der Waals surface area contributed by atoms with E-state index in [1.807, 2.05) is 18.7 Å². The van der Waals surface area contributed by atoms with Crippen molar-refractivity contribution in [1.29, 1.82) is 0 Å². The maximum absolute atomic E-state index is 11.8. The van der Waals surface area contributed by atoms with Crippen molar-refractivity contribution in [3.05, 3.63) is 0 Å². The average molecular weight is 258 g/mol. The third kappa shape index (κ3) is 4.23. The number of morpholine rings is 1. The van der Waals surface area contributed by atoms with Crippen molar-refractivity contribution in [3.8, 4) is 0 Å². The molecule has 0 radical (unpaired) electrons. The summed E-state index contributed by atoms with van der Waals surface area (Å²) < 4.78 is 10.7. The molecule has 18 heavy (non-hydrogen) atoms. The first-order chi connectivity index (χ1) is 8.51. The number of nitrogens with zero attached hydrogens (tertiary/aromatic N) is 1. The molecule has 1 N–H and O–H groups in total. The zero-order valence-corrected chi connectivity index (χ0v) is 12.0. The van der Waals surface area contributed by atoms with Crippen molar-refractivity contribution < 1.29 is 14.3 Å². The molecule has 0 spiro atoms. The Bertz CT molecular complexity index is 269. The van der Waals surface area contributed by atoms with Gasteiger partial charge >= 0.3 is 0 Å². The molecule has 0 aromatic carbocycles. The second-order valence-corrected chi connectivity index (χ2v) is 5.21. The summed E-state index contributed by atoms with van der Waals surface area (Å²) in [7, 11) is 1.71. The second kappa shape index (κ2) is 7.07. The molecule has 0 aromatic heterocycles. The molecule has 1 saturated heterocycles. The first kappa shape index (κ1) is 15.4. The van der Waals surface area contributed by atoms with Gasteiger partial charge in [0.1, 0.15) is 6.61 Å². The van der Waals surface area contributed by atoms with Crippen LogP contribution in [0.15, 0.2) is 0 Å². The van der Waals surface area contributed by atoms with E-state index in [9.17, 15) is 4.79 Å². The zero-order valence-electron chi connectivity index (χ0n) is 12.0. The largest absolute Gasteiger partial charge is 0.377 e. The number of ether oxygens (including phenoxy) is 2. The molecule has 5 heteroatoms. The van der Waals surface area contributed by atoms with Crippen LogP contribution in [0, 0.1) is 0 Å². The summed E-state index contributed by atoms with van der Waals surface area (Å²) in [6.45, 7) is 9.32. The first-order valence-corrected chi connectivity index (χ1v) is 6.65. The third-order valence-electron chi connectivity index (χ3n) is 3.49. The number of carbonyl (C=O) groups excluding carboxylic acids is 1. The van der Waals surface area contributed by atoms with Gasteiger partial charge in [-0.3, -0.25) is 4.79 Å². The summed E-state index contributed by atoms with van der Waals surface area (Å²) in [6, 6.07) is 0.129. The summed E-state index contributed by atoms with van der Waals surface area (Å²) in [4.78, 5) is 13.6. The molecule has 1 heterocycles. The molecule has 106 valence electrons. The van der Waals surface area contributed by atoms with Crippen LogP contribution in [-0.2, 0) is 14.3 Å². The Kier molecular flexibility index (Phi) is 6.05. The van der Waals surface area contributed by atoms with Crippen LogP contribution >= 0.6 is 0 Å². The maximum atomic E-state index is 11.8. The first-order valence-electron chi connectivity index (χ1n) is 6.65. The Balaban J connectivity index is 2.62. The van der Waals surface area contributed by atoms with E-state index >= 15 is 0 Å². The lowest BCUT2D eigenvalue weighted by molar-refractivity contribution is -0.144. The Morgan fingerprint density at radius 2 is 2.28 bits per heavy atom. The van der Waals surface area contributed by atoms with Gasteiger partial charge in [-0.2, -0.15) is 0 Å². The summed E-state index contributed by atoms with van der Waals surface area (Å²) in [5, 5.41) is 3.47. The van der Waals surface area contributed by atoms with Crippen LogP contribution in [0.2, 0.25) is 0 Å². The van der Waals surface area contributed by atoms with Gasteiger partial charge in [0.05, 0.1) is 18.2 Å². The highest BCUT2D eigenvalue weighted by atomic mass is 16.5. The molecule has 1 rings (SSSR count). The summed E-state index contributed by atoms with van der Waals surface area (Å²) in [6.07, 6.45) is 1.06. The number of hydrogen-bond acceptors (Lipinski definition) is 4. The number of hydrogen-bond donors (Lipinski definition) is 1. The number of carbonyl (C=O) groups is 1. The van der Waals surface area contributed by atoms with Gasteiger partial charge in [0.15, 0.2) is 0 Å².